The molecular formula is C10H15FN2O6. The molecule has 108 valence electrons. The normalized spacial score (nSPS) is 30.4. The topological polar surface area (TPSA) is 125 Å². The predicted molar refractivity (Wildman–Crippen MR) is 58.5 cm³/mol. The van der Waals surface area contributed by atoms with Gasteiger partial charge in [0, 0.05) is 13.5 Å². The number of nitrogens with one attached hydrogen (secondary N) is 2. The number of aliphatic hydroxyl groups excluding tert-OH is 2. The number of alkyl halides is 1. The second-order valence-corrected chi connectivity index (χ2v) is 4.03. The molecule has 0 spiro atoms. The lowest BCUT2D eigenvalue weighted by Crippen LogP contribution is -2.69. The van der Waals surface area contributed by atoms with Crippen molar-refractivity contribution < 1.29 is 33.7 Å². The summed E-state index contributed by atoms with van der Waals surface area (Å²) in [5.74, 6) is -2.99. The molecule has 0 aromatic rings. The number of ether oxygens (including phenoxy) is 1. The van der Waals surface area contributed by atoms with E-state index in [1.54, 1.807) is 0 Å². The van der Waals surface area contributed by atoms with Crippen LogP contribution in [0.15, 0.2) is 0 Å². The zero-order valence-corrected chi connectivity index (χ0v) is 10.2. The Morgan fingerprint density at radius 1 is 1.58 bits per heavy atom. The van der Waals surface area contributed by atoms with Crippen LogP contribution in [0.25, 0.3) is 0 Å². The van der Waals surface area contributed by atoms with E-state index in [-0.39, 0.29) is 13.2 Å². The van der Waals surface area contributed by atoms with Crippen molar-refractivity contribution >= 4 is 17.8 Å². The molecule has 3 atom stereocenters. The van der Waals surface area contributed by atoms with Gasteiger partial charge in [0.1, 0.15) is 12.7 Å². The molecule has 0 aliphatic carbocycles. The Kier molecular flexibility index (Phi) is 4.78. The van der Waals surface area contributed by atoms with Crippen LogP contribution in [0, 0.1) is 0 Å². The number of carbonyl (C=O) groups is 3. The van der Waals surface area contributed by atoms with Gasteiger partial charge in [-0.25, -0.2) is 4.39 Å². The zero-order chi connectivity index (χ0) is 14.6. The van der Waals surface area contributed by atoms with Crippen molar-refractivity contribution in [2.45, 2.75) is 24.8 Å². The number of amides is 2. The lowest BCUT2D eigenvalue weighted by atomic mass is 9.87. The average Bonchev–Trinajstić information content (AvgIpc) is 2.36. The molecule has 0 aromatic carbocycles. The van der Waals surface area contributed by atoms with Crippen LogP contribution in [-0.4, -0.2) is 65.6 Å². The van der Waals surface area contributed by atoms with Crippen LogP contribution in [0.5, 0.6) is 0 Å². The summed E-state index contributed by atoms with van der Waals surface area (Å²) < 4.78 is 18.8. The van der Waals surface area contributed by atoms with E-state index in [0.29, 0.717) is 0 Å². The molecule has 0 bridgehead atoms. The SMILES string of the molecule is CC(=O)OCCNC(=O)[C@]1(F)[C@H](O)CNC(=O)[C@@H]1O. The Bertz CT molecular complexity index is 390. The maximum Gasteiger partial charge on any atom is 0.302 e. The number of halogens is 1. The number of β-amino-alcohol motifs (C(OH)–C–C–N with tert-alkyl or cyclic N) is 1. The van der Waals surface area contributed by atoms with Crippen LogP contribution in [0.4, 0.5) is 4.39 Å². The third-order valence-electron chi connectivity index (χ3n) is 2.64. The minimum absolute atomic E-state index is 0.185. The molecule has 4 N–H and O–H groups in total. The molecule has 1 rings (SSSR count). The summed E-state index contributed by atoms with van der Waals surface area (Å²) >= 11 is 0. The minimum Gasteiger partial charge on any atom is -0.464 e. The zero-order valence-electron chi connectivity index (χ0n) is 10.2. The third-order valence-corrected chi connectivity index (χ3v) is 2.64. The first-order valence-corrected chi connectivity index (χ1v) is 5.54. The molecule has 2 amide bonds. The first-order valence-electron chi connectivity index (χ1n) is 5.54. The van der Waals surface area contributed by atoms with Gasteiger partial charge in [-0.2, -0.15) is 0 Å². The number of aliphatic hydroxyl groups is 2. The highest BCUT2D eigenvalue weighted by Gasteiger charge is 2.57. The molecule has 19 heavy (non-hydrogen) atoms. The van der Waals surface area contributed by atoms with Gasteiger partial charge in [-0.1, -0.05) is 0 Å². The summed E-state index contributed by atoms with van der Waals surface area (Å²) in [6.07, 6.45) is -4.17. The van der Waals surface area contributed by atoms with Crippen molar-refractivity contribution in [3.63, 3.8) is 0 Å². The number of piperidine rings is 1. The van der Waals surface area contributed by atoms with Crippen LogP contribution >= 0.6 is 0 Å². The van der Waals surface area contributed by atoms with E-state index in [1.807, 2.05) is 10.6 Å². The molecule has 0 unspecified atom stereocenters. The fourth-order valence-corrected chi connectivity index (χ4v) is 1.59. The van der Waals surface area contributed by atoms with Crippen molar-refractivity contribution in [3.8, 4) is 0 Å². The Morgan fingerprint density at radius 2 is 2.21 bits per heavy atom. The van der Waals surface area contributed by atoms with Gasteiger partial charge in [-0.05, 0) is 0 Å². The fraction of sp³-hybridized carbons (Fsp3) is 0.700. The van der Waals surface area contributed by atoms with Gasteiger partial charge in [-0.15, -0.1) is 0 Å². The van der Waals surface area contributed by atoms with Gasteiger partial charge in [0.15, 0.2) is 6.10 Å². The van der Waals surface area contributed by atoms with Crippen molar-refractivity contribution in [3.05, 3.63) is 0 Å². The van der Waals surface area contributed by atoms with Crippen LogP contribution in [0.3, 0.4) is 0 Å². The lowest BCUT2D eigenvalue weighted by Gasteiger charge is -2.36. The second-order valence-electron chi connectivity index (χ2n) is 4.03. The molecule has 1 fully saturated rings. The number of rotatable bonds is 4. The van der Waals surface area contributed by atoms with Crippen molar-refractivity contribution in [1.29, 1.82) is 0 Å². The first-order chi connectivity index (χ1) is 8.80. The Labute approximate surface area is 107 Å². The molecule has 1 aliphatic heterocycles. The smallest absolute Gasteiger partial charge is 0.302 e. The van der Waals surface area contributed by atoms with E-state index in [1.165, 1.54) is 0 Å². The van der Waals surface area contributed by atoms with E-state index >= 15 is 0 Å². The van der Waals surface area contributed by atoms with Crippen molar-refractivity contribution in [2.24, 2.45) is 0 Å². The largest absolute Gasteiger partial charge is 0.464 e. The lowest BCUT2D eigenvalue weighted by molar-refractivity contribution is -0.171. The van der Waals surface area contributed by atoms with E-state index < -0.39 is 42.2 Å². The minimum atomic E-state index is -3.13. The highest BCUT2D eigenvalue weighted by molar-refractivity contribution is 5.96. The van der Waals surface area contributed by atoms with E-state index in [2.05, 4.69) is 4.74 Å². The first kappa shape index (κ1) is 15.3. The van der Waals surface area contributed by atoms with E-state index in [4.69, 9.17) is 0 Å². The summed E-state index contributed by atoms with van der Waals surface area (Å²) in [5, 5.41) is 22.9. The molecule has 9 heteroatoms. The Morgan fingerprint density at radius 3 is 2.79 bits per heavy atom. The van der Waals surface area contributed by atoms with E-state index in [0.717, 1.165) is 6.92 Å². The monoisotopic (exact) mass is 278 g/mol. The fourth-order valence-electron chi connectivity index (χ4n) is 1.59. The van der Waals surface area contributed by atoms with Crippen molar-refractivity contribution in [1.82, 2.24) is 10.6 Å². The summed E-state index contributed by atoms with van der Waals surface area (Å²) in [6.45, 7) is 0.294. The van der Waals surface area contributed by atoms with Gasteiger partial charge in [0.2, 0.25) is 5.67 Å². The van der Waals surface area contributed by atoms with Crippen LogP contribution in [-0.2, 0) is 19.1 Å². The van der Waals surface area contributed by atoms with Gasteiger partial charge >= 0.3 is 5.97 Å². The molecule has 0 radical (unpaired) electrons. The molecule has 1 saturated heterocycles. The molecule has 0 saturated carbocycles. The number of carbonyl (C=O) groups excluding carboxylic acids is 3. The number of hydrogen-bond acceptors (Lipinski definition) is 6. The maximum absolute atomic E-state index is 14.3. The van der Waals surface area contributed by atoms with Crippen LogP contribution in [0.1, 0.15) is 6.92 Å². The molecular weight excluding hydrogens is 263 g/mol. The van der Waals surface area contributed by atoms with Gasteiger partial charge in [0.05, 0.1) is 6.54 Å². The van der Waals surface area contributed by atoms with E-state index in [9.17, 15) is 29.0 Å². The molecule has 1 heterocycles. The third kappa shape index (κ3) is 3.18. The second kappa shape index (κ2) is 5.93. The van der Waals surface area contributed by atoms with Crippen LogP contribution in [0.2, 0.25) is 0 Å². The number of esters is 1. The molecule has 8 nitrogen and oxygen atoms in total. The predicted octanol–water partition coefficient (Wildman–Crippen LogP) is -2.77. The molecule has 0 aromatic heterocycles. The summed E-state index contributed by atoms with van der Waals surface area (Å²) in [7, 11) is 0. The summed E-state index contributed by atoms with van der Waals surface area (Å²) in [4.78, 5) is 33.2. The van der Waals surface area contributed by atoms with Gasteiger partial charge < -0.3 is 25.6 Å². The van der Waals surface area contributed by atoms with Crippen LogP contribution < -0.4 is 10.6 Å². The number of hydrogen-bond donors (Lipinski definition) is 4. The summed E-state index contributed by atoms with van der Waals surface area (Å²) in [5.41, 5.74) is -3.13. The van der Waals surface area contributed by atoms with Gasteiger partial charge in [0.25, 0.3) is 11.8 Å². The maximum atomic E-state index is 14.3. The standard InChI is InChI=1S/C10H15FN2O6/c1-5(14)19-3-2-12-9(18)10(11)6(15)4-13-8(17)7(10)16/h6-7,15-16H,2-4H2,1H3,(H,12,18)(H,13,17)/t6-,7+,10+/m1/s1. The summed E-state index contributed by atoms with van der Waals surface area (Å²) in [6, 6.07) is 0. The van der Waals surface area contributed by atoms with Crippen molar-refractivity contribution in [2.75, 3.05) is 19.7 Å². The van der Waals surface area contributed by atoms with Gasteiger partial charge in [-0.3, -0.25) is 14.4 Å². The molecule has 1 aliphatic rings. The average molecular weight is 278 g/mol. The Balaban J connectivity index is 2.61. The quantitative estimate of drug-likeness (QED) is 0.326. The highest BCUT2D eigenvalue weighted by atomic mass is 19.1. The Hall–Kier alpha value is -1.74. The highest BCUT2D eigenvalue weighted by Crippen LogP contribution is 2.25.